The van der Waals surface area contributed by atoms with E-state index < -0.39 is 32.4 Å². The molecule has 0 saturated heterocycles. The van der Waals surface area contributed by atoms with Crippen molar-refractivity contribution in [3.8, 4) is 11.8 Å². The minimum absolute atomic E-state index is 0.0110. The van der Waals surface area contributed by atoms with Crippen LogP contribution in [-0.2, 0) is 14.6 Å². The smallest absolute Gasteiger partial charge is 0.326 e. The maximum atomic E-state index is 12.9. The number of nitrogens with zero attached hydrogens (tertiary/aromatic N) is 1. The van der Waals surface area contributed by atoms with Gasteiger partial charge in [0.15, 0.2) is 15.3 Å². The van der Waals surface area contributed by atoms with Crippen LogP contribution in [0.2, 0.25) is 0 Å². The van der Waals surface area contributed by atoms with Crippen molar-refractivity contribution in [1.82, 2.24) is 0 Å². The number of nitriles is 1. The molecule has 2 aromatic rings. The van der Waals surface area contributed by atoms with E-state index in [-0.39, 0.29) is 4.90 Å². The van der Waals surface area contributed by atoms with Gasteiger partial charge in [0.2, 0.25) is 0 Å². The molecule has 25 heavy (non-hydrogen) atoms. The largest absolute Gasteiger partial charge is 0.497 e. The van der Waals surface area contributed by atoms with Gasteiger partial charge in [-0.1, -0.05) is 30.3 Å². The predicted octanol–water partition coefficient (Wildman–Crippen LogP) is 2.23. The number of carboxylic acids is 1. The Bertz CT molecular complexity index is 947. The quantitative estimate of drug-likeness (QED) is 0.880. The number of ether oxygens (including phenoxy) is 1. The molecule has 7 heteroatoms. The molecule has 6 nitrogen and oxygen atoms in total. The molecule has 0 aromatic heterocycles. The molecule has 0 spiro atoms. The van der Waals surface area contributed by atoms with Crippen LogP contribution in [0.5, 0.6) is 5.75 Å². The van der Waals surface area contributed by atoms with Gasteiger partial charge in [-0.3, -0.25) is 4.79 Å². The normalized spacial score (nSPS) is 25.0. The van der Waals surface area contributed by atoms with E-state index >= 15 is 0 Å². The Morgan fingerprint density at radius 3 is 2.24 bits per heavy atom. The highest BCUT2D eigenvalue weighted by Gasteiger charge is 2.77. The first-order valence-corrected chi connectivity index (χ1v) is 9.01. The van der Waals surface area contributed by atoms with E-state index in [0.717, 1.165) is 0 Å². The zero-order chi connectivity index (χ0) is 18.2. The molecule has 1 saturated carbocycles. The number of methoxy groups -OCH3 is 1. The highest BCUT2D eigenvalue weighted by molar-refractivity contribution is 7.92. The number of hydrogen-bond acceptors (Lipinski definition) is 5. The molecule has 0 amide bonds. The van der Waals surface area contributed by atoms with Crippen LogP contribution in [0.15, 0.2) is 59.5 Å². The van der Waals surface area contributed by atoms with Gasteiger partial charge in [-0.05, 0) is 29.8 Å². The maximum absolute atomic E-state index is 12.9. The topological polar surface area (TPSA) is 104 Å². The molecule has 128 valence electrons. The van der Waals surface area contributed by atoms with E-state index in [1.54, 1.807) is 48.5 Å². The minimum atomic E-state index is -3.98. The Labute approximate surface area is 145 Å². The van der Waals surface area contributed by atoms with Gasteiger partial charge in [-0.25, -0.2) is 8.42 Å². The van der Waals surface area contributed by atoms with Gasteiger partial charge in [-0.2, -0.15) is 5.26 Å². The van der Waals surface area contributed by atoms with Crippen LogP contribution in [0.1, 0.15) is 11.5 Å². The Kier molecular flexibility index (Phi) is 4.01. The third-order valence-electron chi connectivity index (χ3n) is 4.55. The van der Waals surface area contributed by atoms with E-state index in [0.29, 0.717) is 11.3 Å². The fourth-order valence-corrected chi connectivity index (χ4v) is 5.49. The fraction of sp³-hybridized carbons (Fsp3) is 0.222. The standard InChI is InChI=1S/C18H15NO5S/c1-24-13-9-7-12(8-10-13)15-16(18(15,11-19)17(20)21)25(22,23)14-5-3-2-4-6-14/h2-10,15-16H,1H3,(H,20,21)/t15-,16+,18-/m1/s1. The molecule has 3 atom stereocenters. The fourth-order valence-electron chi connectivity index (χ4n) is 3.22. The predicted molar refractivity (Wildman–Crippen MR) is 88.8 cm³/mol. The lowest BCUT2D eigenvalue weighted by Gasteiger charge is -2.04. The lowest BCUT2D eigenvalue weighted by Crippen LogP contribution is -2.22. The second kappa shape index (κ2) is 5.90. The summed E-state index contributed by atoms with van der Waals surface area (Å²) < 4.78 is 30.9. The molecule has 1 N–H and O–H groups in total. The molecule has 2 aromatic carbocycles. The Morgan fingerprint density at radius 2 is 1.76 bits per heavy atom. The summed E-state index contributed by atoms with van der Waals surface area (Å²) in [5.41, 5.74) is -1.52. The Hall–Kier alpha value is -2.85. The van der Waals surface area contributed by atoms with Crippen LogP contribution < -0.4 is 4.74 Å². The third kappa shape index (κ3) is 2.46. The van der Waals surface area contributed by atoms with Crippen molar-refractivity contribution in [3.63, 3.8) is 0 Å². The first-order valence-electron chi connectivity index (χ1n) is 7.47. The summed E-state index contributed by atoms with van der Waals surface area (Å²) in [7, 11) is -2.49. The third-order valence-corrected chi connectivity index (χ3v) is 6.79. The van der Waals surface area contributed by atoms with Gasteiger partial charge in [-0.15, -0.1) is 0 Å². The number of carbonyl (C=O) groups is 1. The monoisotopic (exact) mass is 357 g/mol. The molecule has 1 fully saturated rings. The van der Waals surface area contributed by atoms with Gasteiger partial charge in [0, 0.05) is 5.92 Å². The van der Waals surface area contributed by atoms with Gasteiger partial charge < -0.3 is 9.84 Å². The molecule has 0 bridgehead atoms. The maximum Gasteiger partial charge on any atom is 0.326 e. The average molecular weight is 357 g/mol. The van der Waals surface area contributed by atoms with Crippen molar-refractivity contribution in [3.05, 3.63) is 60.2 Å². The van der Waals surface area contributed by atoms with Crippen LogP contribution >= 0.6 is 0 Å². The number of hydrogen-bond donors (Lipinski definition) is 1. The lowest BCUT2D eigenvalue weighted by molar-refractivity contribution is -0.141. The van der Waals surface area contributed by atoms with E-state index in [1.807, 2.05) is 0 Å². The van der Waals surface area contributed by atoms with Crippen molar-refractivity contribution in [2.24, 2.45) is 5.41 Å². The van der Waals surface area contributed by atoms with Gasteiger partial charge in [0.05, 0.1) is 18.1 Å². The summed E-state index contributed by atoms with van der Waals surface area (Å²) >= 11 is 0. The molecular weight excluding hydrogens is 342 g/mol. The first-order chi connectivity index (χ1) is 11.9. The van der Waals surface area contributed by atoms with Crippen LogP contribution in [0.3, 0.4) is 0 Å². The summed E-state index contributed by atoms with van der Waals surface area (Å²) in [6.07, 6.45) is 0. The second-order valence-electron chi connectivity index (χ2n) is 5.82. The van der Waals surface area contributed by atoms with Gasteiger partial charge in [0.25, 0.3) is 0 Å². The highest BCUT2D eigenvalue weighted by atomic mass is 32.2. The number of rotatable bonds is 5. The summed E-state index contributed by atoms with van der Waals surface area (Å²) in [5, 5.41) is 17.8. The minimum Gasteiger partial charge on any atom is -0.497 e. The van der Waals surface area contributed by atoms with Crippen molar-refractivity contribution in [2.75, 3.05) is 7.11 Å². The summed E-state index contributed by atoms with van der Waals surface area (Å²) in [4.78, 5) is 11.8. The zero-order valence-electron chi connectivity index (χ0n) is 13.3. The number of sulfone groups is 1. The molecule has 0 unspecified atom stereocenters. The molecule has 0 radical (unpaired) electrons. The Morgan fingerprint density at radius 1 is 1.16 bits per heavy atom. The molecule has 0 aliphatic heterocycles. The number of carboxylic acid groups (broad SMARTS) is 1. The van der Waals surface area contributed by atoms with Crippen molar-refractivity contribution >= 4 is 15.8 Å². The summed E-state index contributed by atoms with van der Waals surface area (Å²) in [6, 6.07) is 15.8. The van der Waals surface area contributed by atoms with Crippen LogP contribution in [0.25, 0.3) is 0 Å². The lowest BCUT2D eigenvalue weighted by atomic mass is 10.0. The molecule has 1 aliphatic carbocycles. The van der Waals surface area contributed by atoms with Crippen LogP contribution in [0.4, 0.5) is 0 Å². The van der Waals surface area contributed by atoms with E-state index in [2.05, 4.69) is 0 Å². The van der Waals surface area contributed by atoms with E-state index in [9.17, 15) is 23.6 Å². The van der Waals surface area contributed by atoms with Crippen molar-refractivity contribution < 1.29 is 23.1 Å². The molecule has 3 rings (SSSR count). The number of benzene rings is 2. The SMILES string of the molecule is COc1ccc([C@@H]2[C@H](S(=O)(=O)c3ccccc3)[C@]2(C#N)C(=O)O)cc1. The number of aliphatic carboxylic acids is 1. The van der Waals surface area contributed by atoms with Crippen molar-refractivity contribution in [2.45, 2.75) is 16.1 Å². The van der Waals surface area contributed by atoms with Crippen molar-refractivity contribution in [1.29, 1.82) is 5.26 Å². The van der Waals surface area contributed by atoms with E-state index in [1.165, 1.54) is 19.2 Å². The Balaban J connectivity index is 2.10. The molecular formula is C18H15NO5S. The highest BCUT2D eigenvalue weighted by Crippen LogP contribution is 2.64. The molecule has 0 heterocycles. The average Bonchev–Trinajstić information content (AvgIpc) is 3.34. The summed E-state index contributed by atoms with van der Waals surface area (Å²) in [6.45, 7) is 0. The zero-order valence-corrected chi connectivity index (χ0v) is 14.1. The second-order valence-corrected chi connectivity index (χ2v) is 7.88. The van der Waals surface area contributed by atoms with Crippen LogP contribution in [0, 0.1) is 16.7 Å². The first kappa shape index (κ1) is 17.0. The summed E-state index contributed by atoms with van der Waals surface area (Å²) in [5.74, 6) is -1.81. The van der Waals surface area contributed by atoms with E-state index in [4.69, 9.17) is 4.74 Å². The molecule has 1 aliphatic rings. The van der Waals surface area contributed by atoms with Gasteiger partial charge >= 0.3 is 5.97 Å². The van der Waals surface area contributed by atoms with Gasteiger partial charge in [0.1, 0.15) is 11.0 Å². The van der Waals surface area contributed by atoms with Crippen LogP contribution in [-0.4, -0.2) is 31.9 Å².